The van der Waals surface area contributed by atoms with Crippen molar-refractivity contribution in [3.05, 3.63) is 35.6 Å². The van der Waals surface area contributed by atoms with Gasteiger partial charge >= 0.3 is 0 Å². The molecule has 1 fully saturated rings. The zero-order valence-corrected chi connectivity index (χ0v) is 13.5. The lowest BCUT2D eigenvalue weighted by molar-refractivity contribution is -0.129. The quantitative estimate of drug-likeness (QED) is 0.833. The average Bonchev–Trinajstić information content (AvgIpc) is 2.71. The number of rotatable bonds is 6. The van der Waals surface area contributed by atoms with E-state index < -0.39 is 6.04 Å². The first-order valence-electron chi connectivity index (χ1n) is 8.12. The predicted molar refractivity (Wildman–Crippen MR) is 86.1 cm³/mol. The molecule has 23 heavy (non-hydrogen) atoms. The van der Waals surface area contributed by atoms with Crippen LogP contribution in [-0.4, -0.2) is 42.4 Å². The molecule has 2 N–H and O–H groups in total. The minimum Gasteiger partial charge on any atom is -0.354 e. The third-order valence-electron chi connectivity index (χ3n) is 3.98. The van der Waals surface area contributed by atoms with Crippen LogP contribution in [0.25, 0.3) is 0 Å². The van der Waals surface area contributed by atoms with Crippen molar-refractivity contribution in [2.75, 3.05) is 19.6 Å². The van der Waals surface area contributed by atoms with Crippen LogP contribution in [0.1, 0.15) is 31.7 Å². The first kappa shape index (κ1) is 17.4. The molecule has 0 unspecified atom stereocenters. The molecule has 1 atom stereocenters. The molecule has 0 spiro atoms. The van der Waals surface area contributed by atoms with E-state index >= 15 is 0 Å². The van der Waals surface area contributed by atoms with Gasteiger partial charge < -0.3 is 10.6 Å². The summed E-state index contributed by atoms with van der Waals surface area (Å²) in [5.41, 5.74) is 0.826. The second-order valence-electron chi connectivity index (χ2n) is 5.84. The highest BCUT2D eigenvalue weighted by Crippen LogP contribution is 2.08. The van der Waals surface area contributed by atoms with Crippen molar-refractivity contribution >= 4 is 11.8 Å². The molecule has 2 amide bonds. The van der Waals surface area contributed by atoms with Gasteiger partial charge in [0.15, 0.2) is 0 Å². The normalized spacial score (nSPS) is 18.4. The van der Waals surface area contributed by atoms with Gasteiger partial charge in [0.05, 0.1) is 6.54 Å². The molecule has 6 heteroatoms. The molecule has 1 heterocycles. The van der Waals surface area contributed by atoms with E-state index in [1.165, 1.54) is 12.1 Å². The van der Waals surface area contributed by atoms with E-state index in [4.69, 9.17) is 0 Å². The van der Waals surface area contributed by atoms with Crippen molar-refractivity contribution in [3.63, 3.8) is 0 Å². The van der Waals surface area contributed by atoms with E-state index in [0.29, 0.717) is 26.1 Å². The number of hydrogen-bond acceptors (Lipinski definition) is 3. The van der Waals surface area contributed by atoms with Gasteiger partial charge in [-0.15, -0.1) is 0 Å². The van der Waals surface area contributed by atoms with Crippen LogP contribution >= 0.6 is 0 Å². The standard InChI is InChI=1S/C17H24FN3O2/c1-2-21(11-13-6-5-7-14(18)10-13)12-16(22)20-15-8-3-4-9-19-17(15)23/h5-7,10,15H,2-4,8-9,11-12H2,1H3,(H,19,23)(H,20,22)/t15-/m1/s1. The number of hydrogen-bond donors (Lipinski definition) is 2. The second kappa shape index (κ2) is 8.62. The van der Waals surface area contributed by atoms with Crippen LogP contribution in [0.2, 0.25) is 0 Å². The maximum Gasteiger partial charge on any atom is 0.242 e. The number of nitrogens with zero attached hydrogens (tertiary/aromatic N) is 1. The Bertz CT molecular complexity index is 550. The summed E-state index contributed by atoms with van der Waals surface area (Å²) in [4.78, 5) is 26.0. The molecular weight excluding hydrogens is 297 g/mol. The highest BCUT2D eigenvalue weighted by Gasteiger charge is 2.23. The van der Waals surface area contributed by atoms with Crippen molar-refractivity contribution in [2.45, 2.75) is 38.8 Å². The van der Waals surface area contributed by atoms with Gasteiger partial charge in [-0.1, -0.05) is 19.1 Å². The molecule has 0 aromatic heterocycles. The van der Waals surface area contributed by atoms with E-state index in [0.717, 1.165) is 18.4 Å². The van der Waals surface area contributed by atoms with Crippen LogP contribution in [0.4, 0.5) is 4.39 Å². The van der Waals surface area contributed by atoms with Crippen LogP contribution in [0, 0.1) is 5.82 Å². The van der Waals surface area contributed by atoms with Crippen LogP contribution in [0.3, 0.4) is 0 Å². The lowest BCUT2D eigenvalue weighted by Crippen LogP contribution is -2.48. The molecular formula is C17H24FN3O2. The highest BCUT2D eigenvalue weighted by molar-refractivity contribution is 5.88. The van der Waals surface area contributed by atoms with E-state index in [1.54, 1.807) is 6.07 Å². The van der Waals surface area contributed by atoms with Gasteiger partial charge in [0.25, 0.3) is 0 Å². The summed E-state index contributed by atoms with van der Waals surface area (Å²) in [6.07, 6.45) is 2.54. The minimum absolute atomic E-state index is 0.107. The fourth-order valence-electron chi connectivity index (χ4n) is 2.69. The van der Waals surface area contributed by atoms with Crippen molar-refractivity contribution in [3.8, 4) is 0 Å². The number of halogens is 1. The lowest BCUT2D eigenvalue weighted by Gasteiger charge is -2.22. The number of likely N-dealkylation sites (N-methyl/N-ethyl adjacent to an activating group) is 1. The minimum atomic E-state index is -0.446. The van der Waals surface area contributed by atoms with Gasteiger partial charge in [-0.05, 0) is 43.5 Å². The summed E-state index contributed by atoms with van der Waals surface area (Å²) in [5, 5.41) is 5.61. The van der Waals surface area contributed by atoms with E-state index in [9.17, 15) is 14.0 Å². The highest BCUT2D eigenvalue weighted by atomic mass is 19.1. The maximum absolute atomic E-state index is 13.2. The molecule has 2 rings (SSSR count). The summed E-state index contributed by atoms with van der Waals surface area (Å²) in [5.74, 6) is -0.563. The Kier molecular flexibility index (Phi) is 6.52. The van der Waals surface area contributed by atoms with Crippen molar-refractivity contribution in [1.82, 2.24) is 15.5 Å². The number of amides is 2. The van der Waals surface area contributed by atoms with Crippen molar-refractivity contribution in [1.29, 1.82) is 0 Å². The molecule has 1 aliphatic heterocycles. The first-order chi connectivity index (χ1) is 11.1. The molecule has 0 bridgehead atoms. The number of nitrogens with one attached hydrogen (secondary N) is 2. The summed E-state index contributed by atoms with van der Waals surface area (Å²) < 4.78 is 13.2. The fourth-order valence-corrected chi connectivity index (χ4v) is 2.69. The SMILES string of the molecule is CCN(CC(=O)N[C@@H]1CCCCNC1=O)Cc1cccc(F)c1. The first-order valence-corrected chi connectivity index (χ1v) is 8.12. The molecule has 1 aromatic rings. The third kappa shape index (κ3) is 5.63. The average molecular weight is 321 g/mol. The smallest absolute Gasteiger partial charge is 0.242 e. The van der Waals surface area contributed by atoms with Crippen LogP contribution < -0.4 is 10.6 Å². The van der Waals surface area contributed by atoms with Gasteiger partial charge in [0, 0.05) is 13.1 Å². The Morgan fingerprint density at radius 1 is 1.43 bits per heavy atom. The Balaban J connectivity index is 1.87. The summed E-state index contributed by atoms with van der Waals surface area (Å²) in [6.45, 7) is 3.98. The molecule has 0 radical (unpaired) electrons. The van der Waals surface area contributed by atoms with Gasteiger partial charge in [0.2, 0.25) is 11.8 Å². The second-order valence-corrected chi connectivity index (χ2v) is 5.84. The number of carbonyl (C=O) groups is 2. The van der Waals surface area contributed by atoms with Crippen molar-refractivity contribution < 1.29 is 14.0 Å². The molecule has 1 aromatic carbocycles. The third-order valence-corrected chi connectivity index (χ3v) is 3.98. The van der Waals surface area contributed by atoms with E-state index in [-0.39, 0.29) is 24.2 Å². The van der Waals surface area contributed by atoms with Crippen LogP contribution in [-0.2, 0) is 16.1 Å². The number of benzene rings is 1. The predicted octanol–water partition coefficient (Wildman–Crippen LogP) is 1.43. The summed E-state index contributed by atoms with van der Waals surface area (Å²) >= 11 is 0. The van der Waals surface area contributed by atoms with Gasteiger partial charge in [-0.2, -0.15) is 0 Å². The maximum atomic E-state index is 13.2. The molecule has 1 aliphatic rings. The largest absolute Gasteiger partial charge is 0.354 e. The van der Waals surface area contributed by atoms with Crippen molar-refractivity contribution in [2.24, 2.45) is 0 Å². The summed E-state index contributed by atoms with van der Waals surface area (Å²) in [7, 11) is 0. The van der Waals surface area contributed by atoms with Crippen LogP contribution in [0.5, 0.6) is 0 Å². The van der Waals surface area contributed by atoms with E-state index in [1.807, 2.05) is 17.9 Å². The molecule has 1 saturated heterocycles. The Morgan fingerprint density at radius 2 is 2.26 bits per heavy atom. The zero-order valence-electron chi connectivity index (χ0n) is 13.5. The summed E-state index contributed by atoms with van der Waals surface area (Å²) in [6, 6.07) is 5.92. The van der Waals surface area contributed by atoms with Gasteiger partial charge in [0.1, 0.15) is 11.9 Å². The lowest BCUT2D eigenvalue weighted by atomic mass is 10.1. The topological polar surface area (TPSA) is 61.4 Å². The van der Waals surface area contributed by atoms with E-state index in [2.05, 4.69) is 10.6 Å². The Labute approximate surface area is 136 Å². The molecule has 5 nitrogen and oxygen atoms in total. The van der Waals surface area contributed by atoms with Gasteiger partial charge in [-0.25, -0.2) is 4.39 Å². The van der Waals surface area contributed by atoms with Gasteiger partial charge in [-0.3, -0.25) is 14.5 Å². The Morgan fingerprint density at radius 3 is 3.00 bits per heavy atom. The van der Waals surface area contributed by atoms with Crippen LogP contribution in [0.15, 0.2) is 24.3 Å². The zero-order chi connectivity index (χ0) is 16.7. The molecule has 0 saturated carbocycles. The number of carbonyl (C=O) groups excluding carboxylic acids is 2. The fraction of sp³-hybridized carbons (Fsp3) is 0.529. The monoisotopic (exact) mass is 321 g/mol. The molecule has 0 aliphatic carbocycles. The molecule has 126 valence electrons. The Hall–Kier alpha value is -1.95.